The summed E-state index contributed by atoms with van der Waals surface area (Å²) in [6, 6.07) is 16.2. The average molecular weight is 445 g/mol. The Kier molecular flexibility index (Phi) is 5.68. The molecule has 1 aromatic heterocycles. The minimum atomic E-state index is -0.141. The van der Waals surface area contributed by atoms with Crippen LogP contribution >= 0.6 is 11.8 Å². The highest BCUT2D eigenvalue weighted by molar-refractivity contribution is 7.99. The van der Waals surface area contributed by atoms with E-state index in [9.17, 15) is 4.79 Å². The Morgan fingerprint density at radius 2 is 1.88 bits per heavy atom. The molecule has 0 amide bonds. The van der Waals surface area contributed by atoms with Gasteiger partial charge < -0.3 is 4.74 Å². The van der Waals surface area contributed by atoms with E-state index in [-0.39, 0.29) is 11.0 Å². The van der Waals surface area contributed by atoms with Gasteiger partial charge in [-0.2, -0.15) is 0 Å². The predicted octanol–water partition coefficient (Wildman–Crippen LogP) is 5.94. The molecule has 1 fully saturated rings. The predicted molar refractivity (Wildman–Crippen MR) is 131 cm³/mol. The lowest BCUT2D eigenvalue weighted by atomic mass is 9.62. The van der Waals surface area contributed by atoms with Gasteiger partial charge >= 0.3 is 0 Å². The molecular weight excluding hydrogens is 416 g/mol. The summed E-state index contributed by atoms with van der Waals surface area (Å²) in [5, 5.41) is 0.681. The number of rotatable bonds is 5. The fraction of sp³-hybridized carbons (Fsp3) is 0.333. The second-order valence-corrected chi connectivity index (χ2v) is 9.69. The quantitative estimate of drug-likeness (QED) is 0.277. The number of para-hydroxylation sites is 2. The summed E-state index contributed by atoms with van der Waals surface area (Å²) in [5.41, 5.74) is 4.82. The number of benzene rings is 2. The van der Waals surface area contributed by atoms with Gasteiger partial charge in [-0.25, -0.2) is 4.98 Å². The van der Waals surface area contributed by atoms with Crippen molar-refractivity contribution in [3.05, 3.63) is 82.7 Å². The molecule has 1 spiro atoms. The molecule has 0 unspecified atom stereocenters. The van der Waals surface area contributed by atoms with Gasteiger partial charge in [-0.3, -0.25) is 9.36 Å². The monoisotopic (exact) mass is 444 g/mol. The van der Waals surface area contributed by atoms with E-state index in [1.54, 1.807) is 11.7 Å². The molecule has 164 valence electrons. The fourth-order valence-corrected chi connectivity index (χ4v) is 6.18. The Morgan fingerprint density at radius 3 is 2.66 bits per heavy atom. The maximum absolute atomic E-state index is 14.4. The first-order valence-electron chi connectivity index (χ1n) is 11.3. The largest absolute Gasteiger partial charge is 0.495 e. The van der Waals surface area contributed by atoms with E-state index < -0.39 is 0 Å². The van der Waals surface area contributed by atoms with Crippen molar-refractivity contribution in [1.29, 1.82) is 0 Å². The van der Waals surface area contributed by atoms with Crippen LogP contribution in [0.3, 0.4) is 0 Å². The maximum Gasteiger partial charge on any atom is 0.263 e. The van der Waals surface area contributed by atoms with Crippen molar-refractivity contribution < 1.29 is 4.74 Å². The van der Waals surface area contributed by atoms with Gasteiger partial charge in [-0.1, -0.05) is 73.5 Å². The van der Waals surface area contributed by atoms with Gasteiger partial charge in [0.15, 0.2) is 5.16 Å². The summed E-state index contributed by atoms with van der Waals surface area (Å²) in [6.45, 7) is 3.87. The van der Waals surface area contributed by atoms with Crippen LogP contribution in [0.5, 0.6) is 5.75 Å². The van der Waals surface area contributed by atoms with Crippen molar-refractivity contribution in [2.24, 2.45) is 0 Å². The average Bonchev–Trinajstić information content (AvgIpc) is 2.83. The highest BCUT2D eigenvalue weighted by Crippen LogP contribution is 2.49. The third kappa shape index (κ3) is 3.39. The lowest BCUT2D eigenvalue weighted by molar-refractivity contribution is 0.283. The van der Waals surface area contributed by atoms with Crippen LogP contribution in [-0.2, 0) is 11.8 Å². The number of hydrogen-bond donors (Lipinski definition) is 0. The molecular formula is C27H28N2O2S. The number of fused-ring (bicyclic) bond motifs is 4. The third-order valence-electron chi connectivity index (χ3n) is 6.85. The molecule has 2 aromatic carbocycles. The smallest absolute Gasteiger partial charge is 0.263 e. The maximum atomic E-state index is 14.4. The van der Waals surface area contributed by atoms with Gasteiger partial charge in [0.25, 0.3) is 5.56 Å². The van der Waals surface area contributed by atoms with E-state index in [0.717, 1.165) is 54.6 Å². The Labute approximate surface area is 193 Å². The van der Waals surface area contributed by atoms with Crippen LogP contribution in [0.1, 0.15) is 43.2 Å². The summed E-state index contributed by atoms with van der Waals surface area (Å²) >= 11 is 1.54. The molecule has 2 aliphatic rings. The second-order valence-electron chi connectivity index (χ2n) is 8.70. The molecule has 5 heteroatoms. The Hall–Kier alpha value is -2.79. The van der Waals surface area contributed by atoms with E-state index >= 15 is 0 Å². The zero-order chi connectivity index (χ0) is 22.1. The number of hydrogen-bond acceptors (Lipinski definition) is 4. The van der Waals surface area contributed by atoms with E-state index in [0.29, 0.717) is 16.7 Å². The van der Waals surface area contributed by atoms with Crippen molar-refractivity contribution in [1.82, 2.24) is 9.55 Å². The lowest BCUT2D eigenvalue weighted by Gasteiger charge is -2.42. The van der Waals surface area contributed by atoms with Gasteiger partial charge in [-0.15, -0.1) is 6.58 Å². The van der Waals surface area contributed by atoms with Gasteiger partial charge in [0.2, 0.25) is 0 Å². The van der Waals surface area contributed by atoms with Gasteiger partial charge in [0.05, 0.1) is 24.1 Å². The molecule has 0 saturated heterocycles. The minimum Gasteiger partial charge on any atom is -0.495 e. The summed E-state index contributed by atoms with van der Waals surface area (Å²) in [6.07, 6.45) is 8.38. The van der Waals surface area contributed by atoms with Crippen molar-refractivity contribution in [3.63, 3.8) is 0 Å². The van der Waals surface area contributed by atoms with Crippen LogP contribution in [0.4, 0.5) is 0 Å². The van der Waals surface area contributed by atoms with E-state index in [1.807, 2.05) is 36.4 Å². The number of aromatic nitrogens is 2. The van der Waals surface area contributed by atoms with Crippen LogP contribution in [0.25, 0.3) is 16.9 Å². The summed E-state index contributed by atoms with van der Waals surface area (Å²) in [7, 11) is 1.64. The molecule has 32 heavy (non-hydrogen) atoms. The van der Waals surface area contributed by atoms with Crippen molar-refractivity contribution >= 4 is 11.8 Å². The van der Waals surface area contributed by atoms with Crippen molar-refractivity contribution in [2.45, 2.75) is 49.1 Å². The van der Waals surface area contributed by atoms with E-state index in [1.165, 1.54) is 23.7 Å². The molecule has 5 rings (SSSR count). The molecule has 2 aliphatic carbocycles. The lowest BCUT2D eigenvalue weighted by Crippen LogP contribution is -2.43. The first-order valence-corrected chi connectivity index (χ1v) is 12.3. The third-order valence-corrected chi connectivity index (χ3v) is 7.79. The molecule has 0 atom stereocenters. The van der Waals surface area contributed by atoms with Crippen molar-refractivity contribution in [3.8, 4) is 22.7 Å². The Bertz CT molecular complexity index is 1220. The molecule has 1 saturated carbocycles. The van der Waals surface area contributed by atoms with E-state index in [2.05, 4.69) is 24.8 Å². The zero-order valence-corrected chi connectivity index (χ0v) is 19.3. The number of ether oxygens (including phenoxy) is 1. The standard InChI is InChI=1S/C27H28N2O2S/c1-3-17-32-26-28-24-20-12-6-5-11-19(20)18-27(15-9-4-10-16-27)23(24)25(30)29(26)21-13-7-8-14-22(21)31-2/h3,5-8,11-14H,1,4,9-10,15-18H2,2H3. The fourth-order valence-electron chi connectivity index (χ4n) is 5.45. The van der Waals surface area contributed by atoms with Crippen LogP contribution in [0.2, 0.25) is 0 Å². The number of nitrogens with zero attached hydrogens (tertiary/aromatic N) is 2. The Morgan fingerprint density at radius 1 is 1.12 bits per heavy atom. The van der Waals surface area contributed by atoms with Crippen LogP contribution in [0, 0.1) is 0 Å². The highest BCUT2D eigenvalue weighted by Gasteiger charge is 2.43. The number of thioether (sulfide) groups is 1. The summed E-state index contributed by atoms with van der Waals surface area (Å²) < 4.78 is 7.41. The van der Waals surface area contributed by atoms with Crippen LogP contribution < -0.4 is 10.3 Å². The molecule has 0 bridgehead atoms. The van der Waals surface area contributed by atoms with Crippen molar-refractivity contribution in [2.75, 3.05) is 12.9 Å². The van der Waals surface area contributed by atoms with Crippen LogP contribution in [0.15, 0.2) is 71.1 Å². The summed E-state index contributed by atoms with van der Waals surface area (Å²) in [4.78, 5) is 19.6. The zero-order valence-electron chi connectivity index (χ0n) is 18.5. The highest BCUT2D eigenvalue weighted by atomic mass is 32.2. The molecule has 1 heterocycles. The summed E-state index contributed by atoms with van der Waals surface area (Å²) in [5.74, 6) is 1.35. The normalized spacial score (nSPS) is 16.3. The second kappa shape index (κ2) is 8.62. The number of methoxy groups -OCH3 is 1. The molecule has 0 aliphatic heterocycles. The Balaban J connectivity index is 1.85. The first-order chi connectivity index (χ1) is 15.7. The van der Waals surface area contributed by atoms with Crippen LogP contribution in [-0.4, -0.2) is 22.4 Å². The topological polar surface area (TPSA) is 44.1 Å². The van der Waals surface area contributed by atoms with E-state index in [4.69, 9.17) is 9.72 Å². The SMILES string of the molecule is C=CCSc1nc2c(c(=O)n1-c1ccccc1OC)C1(CCCCC1)Cc1ccccc1-2. The molecule has 4 nitrogen and oxygen atoms in total. The molecule has 3 aromatic rings. The minimum absolute atomic E-state index is 0.0439. The van der Waals surface area contributed by atoms with Gasteiger partial charge in [0.1, 0.15) is 5.75 Å². The molecule has 0 radical (unpaired) electrons. The van der Waals surface area contributed by atoms with Gasteiger partial charge in [-0.05, 0) is 37.0 Å². The molecule has 0 N–H and O–H groups in total. The first kappa shape index (κ1) is 21.1. The van der Waals surface area contributed by atoms with Gasteiger partial charge in [0, 0.05) is 16.7 Å².